The summed E-state index contributed by atoms with van der Waals surface area (Å²) in [4.78, 5) is 30.0. The van der Waals surface area contributed by atoms with E-state index in [-0.39, 0.29) is 17.9 Å². The highest BCUT2D eigenvalue weighted by Gasteiger charge is 2.29. The quantitative estimate of drug-likeness (QED) is 0.240. The van der Waals surface area contributed by atoms with Crippen molar-refractivity contribution >= 4 is 34.7 Å². The number of para-hydroxylation sites is 1. The van der Waals surface area contributed by atoms with Crippen LogP contribution in [0.25, 0.3) is 10.4 Å². The maximum atomic E-state index is 12.5. The summed E-state index contributed by atoms with van der Waals surface area (Å²) in [5, 5.41) is 6.82. The predicted octanol–water partition coefficient (Wildman–Crippen LogP) is 7.69. The lowest BCUT2D eigenvalue weighted by molar-refractivity contribution is -0.146. The van der Waals surface area contributed by atoms with Crippen LogP contribution in [0.1, 0.15) is 36.6 Å². The number of hydrogen-bond donors (Lipinski definition) is 2. The Balaban J connectivity index is 1.12. The summed E-state index contributed by atoms with van der Waals surface area (Å²) in [5.74, 6) is 1.75. The fourth-order valence-corrected chi connectivity index (χ4v) is 5.69. The third kappa shape index (κ3) is 6.39. The van der Waals surface area contributed by atoms with Gasteiger partial charge in [-0.2, -0.15) is 0 Å². The number of aromatic nitrogens is 1. The first kappa shape index (κ1) is 25.5. The Morgan fingerprint density at radius 1 is 0.816 bits per heavy atom. The summed E-state index contributed by atoms with van der Waals surface area (Å²) in [6, 6.07) is 24.2. The molecule has 1 fully saturated rings. The van der Waals surface area contributed by atoms with Gasteiger partial charge in [0.2, 0.25) is 0 Å². The molecular weight excluding hydrogens is 498 g/mol. The van der Waals surface area contributed by atoms with Crippen LogP contribution in [0.3, 0.4) is 0 Å². The highest BCUT2D eigenvalue weighted by molar-refractivity contribution is 7.15. The first-order valence-electron chi connectivity index (χ1n) is 12.6. The minimum absolute atomic E-state index is 0.0148. The van der Waals surface area contributed by atoms with Crippen molar-refractivity contribution in [1.29, 1.82) is 0 Å². The van der Waals surface area contributed by atoms with Crippen molar-refractivity contribution in [2.45, 2.75) is 31.6 Å². The SMILES string of the molecule is COC(=O)C1CCC(c2ncc(-c3ccc(NC(=O)Nc4ccc(Oc5ccccc5)cc4)cc3)s2)CC1. The van der Waals surface area contributed by atoms with Crippen LogP contribution in [-0.2, 0) is 9.53 Å². The minimum Gasteiger partial charge on any atom is -0.469 e. The molecule has 0 spiro atoms. The predicted molar refractivity (Wildman–Crippen MR) is 150 cm³/mol. The number of anilines is 2. The molecule has 38 heavy (non-hydrogen) atoms. The van der Waals surface area contributed by atoms with E-state index in [0.29, 0.717) is 23.0 Å². The Labute approximate surface area is 225 Å². The van der Waals surface area contributed by atoms with E-state index in [1.165, 1.54) is 7.11 Å². The maximum absolute atomic E-state index is 12.5. The third-order valence-corrected chi connectivity index (χ3v) is 7.86. The molecule has 2 N–H and O–H groups in total. The zero-order valence-corrected chi connectivity index (χ0v) is 21.9. The molecule has 0 unspecified atom stereocenters. The molecular formula is C30H29N3O4S. The Kier molecular flexibility index (Phi) is 7.99. The Morgan fingerprint density at radius 2 is 1.42 bits per heavy atom. The molecule has 3 aromatic carbocycles. The van der Waals surface area contributed by atoms with Crippen LogP contribution in [0.15, 0.2) is 85.1 Å². The highest BCUT2D eigenvalue weighted by atomic mass is 32.1. The number of esters is 1. The van der Waals surface area contributed by atoms with Crippen molar-refractivity contribution in [1.82, 2.24) is 4.98 Å². The van der Waals surface area contributed by atoms with E-state index in [2.05, 4.69) is 15.6 Å². The number of thiazole rings is 1. The largest absolute Gasteiger partial charge is 0.469 e. The van der Waals surface area contributed by atoms with E-state index in [0.717, 1.165) is 46.9 Å². The molecule has 5 rings (SSSR count). The number of benzene rings is 3. The van der Waals surface area contributed by atoms with Gasteiger partial charge in [-0.05, 0) is 79.8 Å². The fourth-order valence-electron chi connectivity index (χ4n) is 4.59. The van der Waals surface area contributed by atoms with Gasteiger partial charge in [-0.15, -0.1) is 11.3 Å². The molecule has 0 bridgehead atoms. The van der Waals surface area contributed by atoms with E-state index in [9.17, 15) is 9.59 Å². The van der Waals surface area contributed by atoms with Crippen molar-refractivity contribution < 1.29 is 19.1 Å². The molecule has 8 heteroatoms. The topological polar surface area (TPSA) is 89.5 Å². The van der Waals surface area contributed by atoms with Crippen molar-refractivity contribution in [2.75, 3.05) is 17.7 Å². The number of urea groups is 1. The monoisotopic (exact) mass is 527 g/mol. The van der Waals surface area contributed by atoms with Gasteiger partial charge in [0.15, 0.2) is 0 Å². The summed E-state index contributed by atoms with van der Waals surface area (Å²) in [6.07, 6.45) is 5.51. The van der Waals surface area contributed by atoms with Crippen LogP contribution >= 0.6 is 11.3 Å². The van der Waals surface area contributed by atoms with Crippen LogP contribution in [0.5, 0.6) is 11.5 Å². The lowest BCUT2D eigenvalue weighted by atomic mass is 9.82. The number of methoxy groups -OCH3 is 1. The van der Waals surface area contributed by atoms with Gasteiger partial charge in [0.1, 0.15) is 11.5 Å². The number of carbonyl (C=O) groups is 2. The zero-order valence-electron chi connectivity index (χ0n) is 21.1. The van der Waals surface area contributed by atoms with Gasteiger partial charge in [-0.1, -0.05) is 30.3 Å². The smallest absolute Gasteiger partial charge is 0.323 e. The number of nitrogens with zero attached hydrogens (tertiary/aromatic N) is 1. The molecule has 1 aromatic heterocycles. The van der Waals surface area contributed by atoms with E-state index < -0.39 is 0 Å². The second-order valence-electron chi connectivity index (χ2n) is 9.23. The summed E-state index contributed by atoms with van der Waals surface area (Å²) in [5.41, 5.74) is 2.41. The molecule has 1 aliphatic rings. The standard InChI is InChI=1S/C30H29N3O4S/c1-36-29(34)22-9-7-21(8-10-22)28-31-19-27(38-28)20-11-13-23(14-12-20)32-30(35)33-24-15-17-26(18-16-24)37-25-5-3-2-4-6-25/h2-6,11-19,21-22H,7-10H2,1H3,(H2,32,33,35). The van der Waals surface area contributed by atoms with Gasteiger partial charge in [0.25, 0.3) is 0 Å². The average Bonchev–Trinajstić information content (AvgIpc) is 3.45. The average molecular weight is 528 g/mol. The van der Waals surface area contributed by atoms with Crippen molar-refractivity contribution in [3.63, 3.8) is 0 Å². The number of carbonyl (C=O) groups excluding carboxylic acids is 2. The molecule has 0 atom stereocenters. The molecule has 1 heterocycles. The first-order valence-corrected chi connectivity index (χ1v) is 13.4. The van der Waals surface area contributed by atoms with Crippen molar-refractivity contribution in [3.05, 3.63) is 90.1 Å². The molecule has 7 nitrogen and oxygen atoms in total. The number of nitrogens with one attached hydrogen (secondary N) is 2. The number of rotatable bonds is 7. The Morgan fingerprint density at radius 3 is 2.05 bits per heavy atom. The van der Waals surface area contributed by atoms with Gasteiger partial charge < -0.3 is 20.1 Å². The van der Waals surface area contributed by atoms with Crippen LogP contribution in [0, 0.1) is 5.92 Å². The summed E-state index contributed by atoms with van der Waals surface area (Å²) in [6.45, 7) is 0. The van der Waals surface area contributed by atoms with Crippen molar-refractivity contribution in [2.24, 2.45) is 5.92 Å². The number of amides is 2. The van der Waals surface area contributed by atoms with Gasteiger partial charge in [-0.25, -0.2) is 9.78 Å². The first-order chi connectivity index (χ1) is 18.6. The van der Waals surface area contributed by atoms with Crippen LogP contribution < -0.4 is 15.4 Å². The van der Waals surface area contributed by atoms with Gasteiger partial charge >= 0.3 is 12.0 Å². The minimum atomic E-state index is -0.322. The second kappa shape index (κ2) is 11.9. The Bertz CT molecular complexity index is 1360. The summed E-state index contributed by atoms with van der Waals surface area (Å²) < 4.78 is 10.7. The molecule has 2 amide bonds. The molecule has 1 aliphatic carbocycles. The van der Waals surface area contributed by atoms with Crippen LogP contribution in [0.4, 0.5) is 16.2 Å². The maximum Gasteiger partial charge on any atom is 0.323 e. The van der Waals surface area contributed by atoms with E-state index in [4.69, 9.17) is 9.47 Å². The molecule has 194 valence electrons. The molecule has 1 saturated carbocycles. The van der Waals surface area contributed by atoms with E-state index >= 15 is 0 Å². The highest BCUT2D eigenvalue weighted by Crippen LogP contribution is 2.39. The van der Waals surface area contributed by atoms with E-state index in [1.54, 1.807) is 23.5 Å². The van der Waals surface area contributed by atoms with Gasteiger partial charge in [0, 0.05) is 23.5 Å². The Hall–Kier alpha value is -4.17. The lowest BCUT2D eigenvalue weighted by Crippen LogP contribution is -2.22. The number of hydrogen-bond acceptors (Lipinski definition) is 6. The number of ether oxygens (including phenoxy) is 2. The van der Waals surface area contributed by atoms with Crippen molar-refractivity contribution in [3.8, 4) is 21.9 Å². The second-order valence-corrected chi connectivity index (χ2v) is 10.3. The third-order valence-electron chi connectivity index (χ3n) is 6.65. The molecule has 4 aromatic rings. The molecule has 0 saturated heterocycles. The zero-order chi connectivity index (χ0) is 26.3. The van der Waals surface area contributed by atoms with Gasteiger partial charge in [-0.3, -0.25) is 4.79 Å². The normalized spacial score (nSPS) is 16.9. The van der Waals surface area contributed by atoms with Crippen LogP contribution in [-0.4, -0.2) is 24.1 Å². The fraction of sp³-hybridized carbons (Fsp3) is 0.233. The summed E-state index contributed by atoms with van der Waals surface area (Å²) in [7, 11) is 1.45. The van der Waals surface area contributed by atoms with Gasteiger partial charge in [0.05, 0.1) is 22.9 Å². The summed E-state index contributed by atoms with van der Waals surface area (Å²) >= 11 is 1.69. The lowest BCUT2D eigenvalue weighted by Gasteiger charge is -2.25. The van der Waals surface area contributed by atoms with Crippen LogP contribution in [0.2, 0.25) is 0 Å². The van der Waals surface area contributed by atoms with E-state index in [1.807, 2.05) is 72.9 Å². The molecule has 0 aliphatic heterocycles. The molecule has 0 radical (unpaired) electrons.